The monoisotopic (exact) mass is 446 g/mol. The molecule has 0 saturated carbocycles. The summed E-state index contributed by atoms with van der Waals surface area (Å²) in [7, 11) is 1.62. The molecule has 0 spiro atoms. The Hall–Kier alpha value is -3.35. The zero-order valence-electron chi connectivity index (χ0n) is 19.1. The highest BCUT2D eigenvalue weighted by molar-refractivity contribution is 5.96. The molecule has 2 amide bonds. The summed E-state index contributed by atoms with van der Waals surface area (Å²) in [5.41, 5.74) is 2.64. The number of likely N-dealkylation sites (tertiary alicyclic amines) is 1. The van der Waals surface area contributed by atoms with E-state index in [2.05, 4.69) is 0 Å². The van der Waals surface area contributed by atoms with Crippen LogP contribution in [0, 0.1) is 0 Å². The Morgan fingerprint density at radius 3 is 2.64 bits per heavy atom. The van der Waals surface area contributed by atoms with Gasteiger partial charge in [0.2, 0.25) is 11.8 Å². The predicted molar refractivity (Wildman–Crippen MR) is 127 cm³/mol. The van der Waals surface area contributed by atoms with E-state index in [4.69, 9.17) is 9.72 Å². The van der Waals surface area contributed by atoms with Crippen molar-refractivity contribution >= 4 is 28.5 Å². The number of hydrogen-bond donors (Lipinski definition) is 0. The predicted octanol–water partition coefficient (Wildman–Crippen LogP) is 3.97. The minimum absolute atomic E-state index is 0.0608. The molecule has 2 aromatic carbocycles. The number of hydrogen-bond acceptors (Lipinski definition) is 4. The van der Waals surface area contributed by atoms with Gasteiger partial charge in [0.25, 0.3) is 0 Å². The molecule has 0 N–H and O–H groups in total. The Labute approximate surface area is 193 Å². The molecular formula is C26H30N4O3. The molecule has 7 nitrogen and oxygen atoms in total. The summed E-state index contributed by atoms with van der Waals surface area (Å²) in [5.74, 6) is 1.66. The second-order valence-corrected chi connectivity index (χ2v) is 8.95. The third-order valence-electron chi connectivity index (χ3n) is 6.79. The maximum Gasteiger partial charge on any atom is 0.242 e. The fourth-order valence-electron chi connectivity index (χ4n) is 5.04. The summed E-state index contributed by atoms with van der Waals surface area (Å²) in [5, 5.41) is 0. The normalized spacial score (nSPS) is 19.2. The average molecular weight is 447 g/mol. The third-order valence-corrected chi connectivity index (χ3v) is 6.79. The van der Waals surface area contributed by atoms with Crippen molar-refractivity contribution in [3.8, 4) is 5.75 Å². The summed E-state index contributed by atoms with van der Waals surface area (Å²) in [6.45, 7) is 2.45. The number of benzene rings is 2. The molecule has 172 valence electrons. The van der Waals surface area contributed by atoms with E-state index in [1.54, 1.807) is 12.0 Å². The van der Waals surface area contributed by atoms with Crippen LogP contribution in [-0.4, -0.2) is 53.0 Å². The molecule has 33 heavy (non-hydrogen) atoms. The van der Waals surface area contributed by atoms with E-state index in [0.29, 0.717) is 13.0 Å². The van der Waals surface area contributed by atoms with Gasteiger partial charge in [-0.05, 0) is 37.1 Å². The summed E-state index contributed by atoms with van der Waals surface area (Å²) >= 11 is 0. The van der Waals surface area contributed by atoms with Crippen LogP contribution >= 0.6 is 0 Å². The first-order chi connectivity index (χ1) is 16.1. The standard InChI is InChI=1S/C26H30N4O3/c1-33-21-10-8-9-20(16-21)29-17-19(15-24(29)31)26-27-22-11-4-5-12-23(22)30(26)18-25(32)28-13-6-2-3-7-14-28/h4-5,8-12,16,19H,2-3,6-7,13-15,17-18H2,1H3. The molecule has 1 unspecified atom stereocenters. The number of carbonyl (C=O) groups is 2. The molecular weight excluding hydrogens is 416 g/mol. The van der Waals surface area contributed by atoms with Crippen molar-refractivity contribution in [2.75, 3.05) is 31.6 Å². The smallest absolute Gasteiger partial charge is 0.242 e. The van der Waals surface area contributed by atoms with Crippen LogP contribution in [0.3, 0.4) is 0 Å². The number of aromatic nitrogens is 2. The van der Waals surface area contributed by atoms with E-state index >= 15 is 0 Å². The first-order valence-electron chi connectivity index (χ1n) is 11.8. The second-order valence-electron chi connectivity index (χ2n) is 8.95. The minimum Gasteiger partial charge on any atom is -0.497 e. The molecule has 3 heterocycles. The first kappa shape index (κ1) is 21.5. The van der Waals surface area contributed by atoms with Crippen LogP contribution in [0.5, 0.6) is 5.75 Å². The van der Waals surface area contributed by atoms with Gasteiger partial charge in [-0.3, -0.25) is 9.59 Å². The number of imidazole rings is 1. The lowest BCUT2D eigenvalue weighted by molar-refractivity contribution is -0.131. The molecule has 1 atom stereocenters. The minimum atomic E-state index is -0.0759. The third kappa shape index (κ3) is 4.32. The molecule has 0 radical (unpaired) electrons. The molecule has 5 rings (SSSR count). The van der Waals surface area contributed by atoms with Gasteiger partial charge in [0.15, 0.2) is 0 Å². The lowest BCUT2D eigenvalue weighted by atomic mass is 10.1. The Morgan fingerprint density at radius 2 is 1.85 bits per heavy atom. The fraction of sp³-hybridized carbons (Fsp3) is 0.423. The Kier molecular flexibility index (Phi) is 6.03. The van der Waals surface area contributed by atoms with Gasteiger partial charge in [-0.25, -0.2) is 4.98 Å². The molecule has 1 aromatic heterocycles. The van der Waals surface area contributed by atoms with Gasteiger partial charge in [-0.2, -0.15) is 0 Å². The molecule has 2 fully saturated rings. The van der Waals surface area contributed by atoms with E-state index in [-0.39, 0.29) is 24.3 Å². The molecule has 7 heteroatoms. The highest BCUT2D eigenvalue weighted by Gasteiger charge is 2.35. The van der Waals surface area contributed by atoms with E-state index in [9.17, 15) is 9.59 Å². The highest BCUT2D eigenvalue weighted by atomic mass is 16.5. The van der Waals surface area contributed by atoms with Crippen LogP contribution in [0.1, 0.15) is 43.8 Å². The maximum absolute atomic E-state index is 13.2. The molecule has 2 saturated heterocycles. The van der Waals surface area contributed by atoms with E-state index in [0.717, 1.165) is 54.2 Å². The highest BCUT2D eigenvalue weighted by Crippen LogP contribution is 2.34. The fourth-order valence-corrected chi connectivity index (χ4v) is 5.04. The van der Waals surface area contributed by atoms with Crippen LogP contribution < -0.4 is 9.64 Å². The summed E-state index contributed by atoms with van der Waals surface area (Å²) in [4.78, 5) is 34.9. The van der Waals surface area contributed by atoms with Crippen LogP contribution in [-0.2, 0) is 16.1 Å². The van der Waals surface area contributed by atoms with Gasteiger partial charge in [-0.15, -0.1) is 0 Å². The topological polar surface area (TPSA) is 67.7 Å². The van der Waals surface area contributed by atoms with Gasteiger partial charge in [0.1, 0.15) is 18.1 Å². The number of nitrogens with zero attached hydrogens (tertiary/aromatic N) is 4. The van der Waals surface area contributed by atoms with Crippen molar-refractivity contribution in [3.05, 3.63) is 54.4 Å². The van der Waals surface area contributed by atoms with Gasteiger partial charge in [0.05, 0.1) is 18.1 Å². The van der Waals surface area contributed by atoms with Crippen molar-refractivity contribution in [1.29, 1.82) is 0 Å². The quantitative estimate of drug-likeness (QED) is 0.595. The van der Waals surface area contributed by atoms with Gasteiger partial charge in [-0.1, -0.05) is 31.0 Å². The zero-order chi connectivity index (χ0) is 22.8. The summed E-state index contributed by atoms with van der Waals surface area (Å²) < 4.78 is 7.37. The van der Waals surface area contributed by atoms with Crippen molar-refractivity contribution in [1.82, 2.24) is 14.5 Å². The summed E-state index contributed by atoms with van der Waals surface area (Å²) in [6, 6.07) is 15.5. The van der Waals surface area contributed by atoms with Crippen LogP contribution in [0.15, 0.2) is 48.5 Å². The van der Waals surface area contributed by atoms with Crippen LogP contribution in [0.4, 0.5) is 5.69 Å². The number of methoxy groups -OCH3 is 1. The van der Waals surface area contributed by atoms with Gasteiger partial charge in [0, 0.05) is 43.7 Å². The van der Waals surface area contributed by atoms with E-state index < -0.39 is 0 Å². The number of amides is 2. The van der Waals surface area contributed by atoms with Crippen LogP contribution in [0.2, 0.25) is 0 Å². The van der Waals surface area contributed by atoms with Crippen molar-refractivity contribution in [3.63, 3.8) is 0 Å². The summed E-state index contributed by atoms with van der Waals surface area (Å²) in [6.07, 6.45) is 4.88. The van der Waals surface area contributed by atoms with Crippen LogP contribution in [0.25, 0.3) is 11.0 Å². The van der Waals surface area contributed by atoms with Gasteiger partial charge >= 0.3 is 0 Å². The molecule has 0 bridgehead atoms. The van der Waals surface area contributed by atoms with Crippen molar-refractivity contribution in [2.45, 2.75) is 44.6 Å². The molecule has 3 aromatic rings. The first-order valence-corrected chi connectivity index (χ1v) is 11.8. The lowest BCUT2D eigenvalue weighted by Crippen LogP contribution is -2.35. The number of ether oxygens (including phenoxy) is 1. The molecule has 2 aliphatic heterocycles. The number of carbonyl (C=O) groups excluding carboxylic acids is 2. The Morgan fingerprint density at radius 1 is 1.06 bits per heavy atom. The maximum atomic E-state index is 13.2. The number of para-hydroxylation sites is 2. The lowest BCUT2D eigenvalue weighted by Gasteiger charge is -2.22. The SMILES string of the molecule is COc1cccc(N2CC(c3nc4ccccc4n3CC(=O)N3CCCCCC3)CC2=O)c1. The average Bonchev–Trinajstić information content (AvgIpc) is 3.27. The Balaban J connectivity index is 1.44. The van der Waals surface area contributed by atoms with Crippen molar-refractivity contribution < 1.29 is 14.3 Å². The molecule has 0 aliphatic carbocycles. The number of fused-ring (bicyclic) bond motifs is 1. The van der Waals surface area contributed by atoms with E-state index in [1.807, 2.05) is 58.0 Å². The number of anilines is 1. The largest absolute Gasteiger partial charge is 0.497 e. The zero-order valence-corrected chi connectivity index (χ0v) is 19.1. The second kappa shape index (κ2) is 9.25. The molecule has 2 aliphatic rings. The Bertz CT molecular complexity index is 1160. The van der Waals surface area contributed by atoms with Crippen molar-refractivity contribution in [2.24, 2.45) is 0 Å². The van der Waals surface area contributed by atoms with E-state index in [1.165, 1.54) is 12.8 Å². The number of rotatable bonds is 5. The van der Waals surface area contributed by atoms with Gasteiger partial charge < -0.3 is 19.1 Å².